The summed E-state index contributed by atoms with van der Waals surface area (Å²) in [6, 6.07) is 152. The van der Waals surface area contributed by atoms with Gasteiger partial charge >= 0.3 is 0 Å². The van der Waals surface area contributed by atoms with E-state index in [0.29, 0.717) is 0 Å². The molecule has 2 heterocycles. The van der Waals surface area contributed by atoms with Gasteiger partial charge in [0.1, 0.15) is 23.0 Å². The predicted molar refractivity (Wildman–Crippen MR) is 470 cm³/mol. The van der Waals surface area contributed by atoms with E-state index < -0.39 is 10.8 Å². The molecule has 18 aromatic carbocycles. The van der Waals surface area contributed by atoms with Crippen molar-refractivity contribution in [1.82, 2.24) is 0 Å². The Morgan fingerprint density at radius 2 is 0.527 bits per heavy atom. The number of fused-ring (bicyclic) bond motifs is 22. The second kappa shape index (κ2) is 29.0. The Balaban J connectivity index is 0.000000125. The molecule has 0 unspecified atom stereocenters. The van der Waals surface area contributed by atoms with Gasteiger partial charge in [0, 0.05) is 55.2 Å². The second-order valence-electron chi connectivity index (χ2n) is 28.7. The van der Waals surface area contributed by atoms with E-state index in [0.717, 1.165) is 67.0 Å². The lowest BCUT2D eigenvalue weighted by Crippen LogP contribution is -2.32. The summed E-state index contributed by atoms with van der Waals surface area (Å²) in [6.45, 7) is 0. The second-order valence-corrected chi connectivity index (χ2v) is 29.6. The smallest absolute Gasteiger partial charge is 0.132 e. The van der Waals surface area contributed by atoms with Crippen LogP contribution in [0.3, 0.4) is 0 Å². The van der Waals surface area contributed by atoms with Gasteiger partial charge in [0.05, 0.1) is 10.8 Å². The molecule has 2 aliphatic carbocycles. The van der Waals surface area contributed by atoms with Gasteiger partial charge in [-0.05, 0) is 208 Å². The van der Waals surface area contributed by atoms with Crippen molar-refractivity contribution in [2.75, 3.05) is 10.2 Å². The summed E-state index contributed by atoms with van der Waals surface area (Å²) in [5.74, 6) is 3.63. The molecule has 0 radical (unpaired) electrons. The Bertz CT molecular complexity index is 6270. The van der Waals surface area contributed by atoms with Crippen molar-refractivity contribution >= 4 is 65.9 Å². The summed E-state index contributed by atoms with van der Waals surface area (Å²) < 4.78 is 14.2. The van der Waals surface area contributed by atoms with Crippen LogP contribution in [0.1, 0.15) is 51.9 Å². The van der Waals surface area contributed by atoms with E-state index in [9.17, 15) is 0 Å². The Kier molecular flexibility index (Phi) is 17.8. The quantitative estimate of drug-likeness (QED) is 0.156. The van der Waals surface area contributed by atoms with Crippen molar-refractivity contribution in [2.24, 2.45) is 0 Å². The summed E-state index contributed by atoms with van der Waals surface area (Å²) in [6.07, 6.45) is 0. The summed E-state index contributed by atoms with van der Waals surface area (Å²) in [4.78, 5) is 2.40. The average molecular weight is 1500 g/mol. The molecular weight excluding hydrogens is 1430 g/mol. The Hall–Kier alpha value is -13.8. The molecule has 0 atom stereocenters. The van der Waals surface area contributed by atoms with Crippen LogP contribution in [-0.2, 0) is 10.8 Å². The summed E-state index contributed by atoms with van der Waals surface area (Å²) >= 11 is 3.76. The molecule has 0 saturated carbocycles. The van der Waals surface area contributed by atoms with Crippen LogP contribution in [0.4, 0.5) is 28.4 Å². The number of ether oxygens (including phenoxy) is 2. The summed E-state index contributed by atoms with van der Waals surface area (Å²) in [5.41, 5.74) is 29.2. The first-order valence-corrected chi connectivity index (χ1v) is 38.7. The number of anilines is 5. The van der Waals surface area contributed by atoms with Crippen molar-refractivity contribution in [3.8, 4) is 89.8 Å². The van der Waals surface area contributed by atoms with E-state index in [-0.39, 0.29) is 7.43 Å². The Morgan fingerprint density at radius 3 is 0.902 bits per heavy atom. The number of halogens is 1. The van der Waals surface area contributed by atoms with E-state index in [1.807, 2.05) is 12.1 Å². The average Bonchev–Trinajstić information content (AvgIpc) is 1.51. The lowest BCUT2D eigenvalue weighted by atomic mass is 9.66. The monoisotopic (exact) mass is 1500 g/mol. The Labute approximate surface area is 662 Å². The van der Waals surface area contributed by atoms with Gasteiger partial charge in [-0.1, -0.05) is 351 Å². The van der Waals surface area contributed by atoms with Crippen LogP contribution in [-0.4, -0.2) is 0 Å². The maximum absolute atomic E-state index is 6.68. The fraction of sp³-hybridized carbons (Fsp3) is 0.0280. The zero-order chi connectivity index (χ0) is 73.8. The van der Waals surface area contributed by atoms with Crippen LogP contribution in [0, 0.1) is 0 Å². The number of hydrogen-bond donors (Lipinski definition) is 1. The third kappa shape index (κ3) is 11.8. The van der Waals surface area contributed by atoms with Crippen molar-refractivity contribution in [2.45, 2.75) is 18.3 Å². The molecule has 0 bridgehead atoms. The van der Waals surface area contributed by atoms with Crippen LogP contribution in [0.2, 0.25) is 0 Å². The standard InChI is InChI=1S/C53H35NO.C29H17BrO.C24H19N.CH4/c1-3-13-36(14-4-1)38-23-28-41(29-24-38)54(42-30-25-39(26-31-42)37-15-5-2-6-16-37)43-32-33-45-49(35-43)53(48-34-27-40-17-7-8-18-44(40)52(45)48)46-19-9-11-21-50(46)55-51-22-12-10-20-47(51)53;30-19-14-15-21-25(17-19)29(24-16-13-18-7-1-2-8-20(18)28(21)24)22-9-3-5-11-26(22)31-27-12-6-4-10-23(27)29;1-3-7-19(8-4-1)21-11-15-23(16-12-21)25-24-17-13-22(14-18-24)20-9-5-2-6-10-20;/h1-35H;1-17H;1-18,25H;1H4. The minimum atomic E-state index is -0.587. The topological polar surface area (TPSA) is 33.7 Å². The molecule has 112 heavy (non-hydrogen) atoms. The molecule has 532 valence electrons. The Morgan fingerprint density at radius 1 is 0.232 bits per heavy atom. The van der Waals surface area contributed by atoms with Crippen LogP contribution < -0.4 is 19.7 Å². The highest BCUT2D eigenvalue weighted by Crippen LogP contribution is 2.66. The summed E-state index contributed by atoms with van der Waals surface area (Å²) in [5, 5.41) is 8.52. The third-order valence-electron chi connectivity index (χ3n) is 22.6. The van der Waals surface area contributed by atoms with Crippen LogP contribution in [0.5, 0.6) is 23.0 Å². The molecule has 4 aliphatic rings. The summed E-state index contributed by atoms with van der Waals surface area (Å²) in [7, 11) is 0. The molecule has 0 fully saturated rings. The van der Waals surface area contributed by atoms with E-state index in [1.165, 1.54) is 122 Å². The minimum Gasteiger partial charge on any atom is -0.457 e. The van der Waals surface area contributed by atoms with Gasteiger partial charge in [0.2, 0.25) is 0 Å². The van der Waals surface area contributed by atoms with Crippen molar-refractivity contribution in [1.29, 1.82) is 0 Å². The maximum Gasteiger partial charge on any atom is 0.132 e. The van der Waals surface area contributed by atoms with Gasteiger partial charge in [-0.3, -0.25) is 0 Å². The molecule has 1 N–H and O–H groups in total. The van der Waals surface area contributed by atoms with Crippen molar-refractivity contribution < 1.29 is 9.47 Å². The zero-order valence-electron chi connectivity index (χ0n) is 60.6. The number of hydrogen-bond acceptors (Lipinski definition) is 4. The molecule has 2 spiro atoms. The van der Waals surface area contributed by atoms with Gasteiger partial charge < -0.3 is 19.7 Å². The molecule has 0 amide bonds. The van der Waals surface area contributed by atoms with Crippen molar-refractivity contribution in [3.63, 3.8) is 0 Å². The van der Waals surface area contributed by atoms with E-state index >= 15 is 0 Å². The van der Waals surface area contributed by atoms with Crippen LogP contribution >= 0.6 is 15.9 Å². The van der Waals surface area contributed by atoms with Crippen molar-refractivity contribution in [3.05, 3.63) is 474 Å². The highest BCUT2D eigenvalue weighted by molar-refractivity contribution is 9.10. The number of para-hydroxylation sites is 4. The lowest BCUT2D eigenvalue weighted by molar-refractivity contribution is 0.436. The molecule has 0 saturated heterocycles. The van der Waals surface area contributed by atoms with Crippen LogP contribution in [0.15, 0.2) is 429 Å². The number of benzene rings is 18. The van der Waals surface area contributed by atoms with Gasteiger partial charge in [-0.15, -0.1) is 0 Å². The van der Waals surface area contributed by atoms with E-state index in [4.69, 9.17) is 9.47 Å². The zero-order valence-corrected chi connectivity index (χ0v) is 62.1. The first kappa shape index (κ1) is 68.7. The normalized spacial score (nSPS) is 12.7. The lowest BCUT2D eigenvalue weighted by Gasteiger charge is -2.39. The molecule has 4 nitrogen and oxygen atoms in total. The SMILES string of the molecule is Brc1ccc2c(c1)C1(c3ccccc3Oc3ccccc31)c1ccc3ccccc3c1-2.C.c1ccc(-c2ccc(N(c3ccc(-c4ccccc4)cc3)c3ccc4c(c3)C3(c5ccccc5Oc5ccccc53)c3ccc5ccccc5c3-4)cc2)cc1.c1ccc(-c2ccc(Nc3ccc(-c4ccccc4)cc3)cc2)cc1. The fourth-order valence-corrected chi connectivity index (χ4v) is 18.0. The highest BCUT2D eigenvalue weighted by atomic mass is 79.9. The number of nitrogens with one attached hydrogen (secondary N) is 1. The fourth-order valence-electron chi connectivity index (χ4n) is 17.7. The van der Waals surface area contributed by atoms with E-state index in [2.05, 4.69) is 439 Å². The molecule has 2 aliphatic heterocycles. The van der Waals surface area contributed by atoms with Gasteiger partial charge in [0.25, 0.3) is 0 Å². The van der Waals surface area contributed by atoms with Gasteiger partial charge in [-0.25, -0.2) is 0 Å². The molecule has 22 rings (SSSR count). The first-order chi connectivity index (χ1) is 54.9. The van der Waals surface area contributed by atoms with Gasteiger partial charge in [0.15, 0.2) is 0 Å². The first-order valence-electron chi connectivity index (χ1n) is 37.9. The van der Waals surface area contributed by atoms with E-state index in [1.54, 1.807) is 0 Å². The third-order valence-corrected chi connectivity index (χ3v) is 23.1. The number of nitrogens with zero attached hydrogens (tertiary/aromatic N) is 1. The van der Waals surface area contributed by atoms with Gasteiger partial charge in [-0.2, -0.15) is 0 Å². The molecular formula is C107H75BrN2O2. The highest BCUT2D eigenvalue weighted by Gasteiger charge is 2.53. The molecule has 0 aromatic heterocycles. The molecule has 5 heteroatoms. The van der Waals surface area contributed by atoms with Crippen LogP contribution in [0.25, 0.3) is 88.3 Å². The predicted octanol–water partition coefficient (Wildman–Crippen LogP) is 29.6. The largest absolute Gasteiger partial charge is 0.457 e. The molecule has 18 aromatic rings. The maximum atomic E-state index is 6.68. The minimum absolute atomic E-state index is 0. The number of rotatable bonds is 9.